The molecular weight excluding hydrogens is 421 g/mol. The van der Waals surface area contributed by atoms with Gasteiger partial charge in [0.2, 0.25) is 0 Å². The number of rotatable bonds is 5. The summed E-state index contributed by atoms with van der Waals surface area (Å²) < 4.78 is 21.3. The lowest BCUT2D eigenvalue weighted by Crippen LogP contribution is -2.41. The second-order valence-corrected chi connectivity index (χ2v) is 7.81. The third-order valence-electron chi connectivity index (χ3n) is 3.39. The molecule has 1 N–H and O–H groups in total. The Balaban J connectivity index is 2.08. The van der Waals surface area contributed by atoms with Crippen LogP contribution < -0.4 is 11.0 Å². The molecule has 2 aromatic heterocycles. The first-order valence-corrected chi connectivity index (χ1v) is 8.90. The van der Waals surface area contributed by atoms with Crippen LogP contribution in [-0.4, -0.2) is 37.6 Å². The molecule has 0 aromatic carbocycles. The minimum Gasteiger partial charge on any atom is -0.445 e. The van der Waals surface area contributed by atoms with E-state index in [4.69, 9.17) is 4.74 Å². The van der Waals surface area contributed by atoms with Crippen LogP contribution in [0.1, 0.15) is 26.3 Å². The molecule has 2 heterocycles. The first-order chi connectivity index (χ1) is 12.6. The lowest BCUT2D eigenvalue weighted by molar-refractivity contribution is 0.145. The van der Waals surface area contributed by atoms with Crippen LogP contribution in [0.15, 0.2) is 39.8 Å². The van der Waals surface area contributed by atoms with Crippen LogP contribution in [0, 0.1) is 6.92 Å². The highest BCUT2D eigenvalue weighted by atomic mass is 79.9. The van der Waals surface area contributed by atoms with Crippen molar-refractivity contribution in [1.29, 1.82) is 0 Å². The molecule has 0 aliphatic heterocycles. The fraction of sp³-hybridized carbons (Fsp3) is 0.412. The summed E-state index contributed by atoms with van der Waals surface area (Å²) in [7, 11) is 0. The number of carbonyl (C=O) groups is 1. The van der Waals surface area contributed by atoms with E-state index in [1.165, 1.54) is 10.9 Å². The zero-order valence-electron chi connectivity index (χ0n) is 15.5. The molecule has 0 aliphatic carbocycles. The van der Waals surface area contributed by atoms with Crippen molar-refractivity contribution in [2.45, 2.75) is 39.8 Å². The summed E-state index contributed by atoms with van der Waals surface area (Å²) in [6.45, 7) is 6.81. The molecular formula is C17H21BrFN5O3. The third-order valence-corrected chi connectivity index (χ3v) is 4.22. The Kier molecular flexibility index (Phi) is 6.53. The van der Waals surface area contributed by atoms with E-state index in [0.29, 0.717) is 12.1 Å². The Hall–Kier alpha value is -2.49. The first kappa shape index (κ1) is 20.8. The van der Waals surface area contributed by atoms with Gasteiger partial charge in [-0.3, -0.25) is 0 Å². The number of pyridine rings is 1. The zero-order chi connectivity index (χ0) is 20.2. The fourth-order valence-electron chi connectivity index (χ4n) is 2.06. The summed E-state index contributed by atoms with van der Waals surface area (Å²) in [5.74, 6) is 0.401. The van der Waals surface area contributed by atoms with Crippen molar-refractivity contribution >= 4 is 22.0 Å². The number of carbonyl (C=O) groups excluding carboxylic acids is 1. The summed E-state index contributed by atoms with van der Waals surface area (Å²) in [4.78, 5) is 28.3. The van der Waals surface area contributed by atoms with E-state index in [1.54, 1.807) is 33.0 Å². The average molecular weight is 442 g/mol. The Labute approximate surface area is 164 Å². The Bertz CT molecular complexity index is 914. The maximum atomic E-state index is 13.1. The summed E-state index contributed by atoms with van der Waals surface area (Å²) >= 11 is 3.35. The predicted octanol–water partition coefficient (Wildman–Crippen LogP) is 2.88. The number of amides is 1. The molecule has 0 unspecified atom stereocenters. The summed E-state index contributed by atoms with van der Waals surface area (Å²) in [6, 6.07) is 1.73. The average Bonchev–Trinajstić information content (AvgIpc) is 2.93. The van der Waals surface area contributed by atoms with Gasteiger partial charge >= 0.3 is 11.8 Å². The van der Waals surface area contributed by atoms with Gasteiger partial charge in [-0.1, -0.05) is 0 Å². The van der Waals surface area contributed by atoms with E-state index in [0.717, 1.165) is 14.7 Å². The number of hydrogen-bond donors (Lipinski definition) is 1. The van der Waals surface area contributed by atoms with Crippen LogP contribution in [0.3, 0.4) is 0 Å². The molecule has 0 bridgehead atoms. The molecule has 0 spiro atoms. The van der Waals surface area contributed by atoms with Gasteiger partial charge in [0, 0.05) is 21.8 Å². The molecule has 146 valence electrons. The van der Waals surface area contributed by atoms with Crippen LogP contribution >= 0.6 is 15.9 Å². The number of hydrogen-bond acceptors (Lipinski definition) is 5. The van der Waals surface area contributed by atoms with Crippen LogP contribution in [0.4, 0.5) is 9.18 Å². The fourth-order valence-corrected chi connectivity index (χ4v) is 2.28. The highest BCUT2D eigenvalue weighted by molar-refractivity contribution is 9.10. The molecule has 0 fully saturated rings. The van der Waals surface area contributed by atoms with Gasteiger partial charge in [0.15, 0.2) is 0 Å². The summed E-state index contributed by atoms with van der Waals surface area (Å²) in [5, 5.41) is 6.57. The van der Waals surface area contributed by atoms with Crippen molar-refractivity contribution in [2.75, 3.05) is 6.61 Å². The normalized spacial score (nSPS) is 12.1. The zero-order valence-corrected chi connectivity index (χ0v) is 17.1. The van der Waals surface area contributed by atoms with Gasteiger partial charge in [0.05, 0.1) is 12.9 Å². The van der Waals surface area contributed by atoms with Crippen LogP contribution in [0.5, 0.6) is 0 Å². The van der Waals surface area contributed by atoms with Crippen molar-refractivity contribution in [1.82, 2.24) is 24.6 Å². The number of nitrogens with zero attached hydrogens (tertiary/aromatic N) is 4. The number of halogens is 2. The molecule has 0 saturated heterocycles. The number of aryl methyl sites for hydroxylation is 1. The lowest BCUT2D eigenvalue weighted by Gasteiger charge is -2.20. The van der Waals surface area contributed by atoms with E-state index < -0.39 is 17.3 Å². The lowest BCUT2D eigenvalue weighted by atomic mass is 10.1. The molecule has 27 heavy (non-hydrogen) atoms. The van der Waals surface area contributed by atoms with Gasteiger partial charge in [0.25, 0.3) is 0 Å². The molecule has 0 aliphatic rings. The van der Waals surface area contributed by atoms with Gasteiger partial charge in [-0.2, -0.15) is 5.10 Å². The van der Waals surface area contributed by atoms with E-state index in [9.17, 15) is 14.0 Å². The SMILES string of the molecule is Cc1cc(-n2cnn(C/C(=C/F)COC(=O)NC(C)(C)C)c2=O)ncc1Br. The third kappa shape index (κ3) is 5.75. The number of ether oxygens (including phenoxy) is 1. The molecule has 8 nitrogen and oxygen atoms in total. The smallest absolute Gasteiger partial charge is 0.407 e. The van der Waals surface area contributed by atoms with Gasteiger partial charge in [-0.25, -0.2) is 28.2 Å². The van der Waals surface area contributed by atoms with Crippen molar-refractivity contribution in [2.24, 2.45) is 0 Å². The van der Waals surface area contributed by atoms with E-state index in [1.807, 2.05) is 6.92 Å². The second-order valence-electron chi connectivity index (χ2n) is 6.95. The van der Waals surface area contributed by atoms with Crippen LogP contribution in [-0.2, 0) is 11.3 Å². The van der Waals surface area contributed by atoms with Gasteiger partial charge < -0.3 is 10.1 Å². The number of aromatic nitrogens is 4. The monoisotopic (exact) mass is 441 g/mol. The van der Waals surface area contributed by atoms with E-state index >= 15 is 0 Å². The first-order valence-electron chi connectivity index (χ1n) is 8.11. The van der Waals surface area contributed by atoms with Crippen molar-refractivity contribution < 1.29 is 13.9 Å². The molecule has 0 radical (unpaired) electrons. The quantitative estimate of drug-likeness (QED) is 0.769. The molecule has 0 atom stereocenters. The minimum absolute atomic E-state index is 0.0892. The van der Waals surface area contributed by atoms with Gasteiger partial charge in [0.1, 0.15) is 18.8 Å². The van der Waals surface area contributed by atoms with E-state index in [2.05, 4.69) is 31.3 Å². The van der Waals surface area contributed by atoms with Crippen LogP contribution in [0.2, 0.25) is 0 Å². The second kappa shape index (κ2) is 8.47. The minimum atomic E-state index is -0.672. The standard InChI is InChI=1S/C17H21BrFN5O3/c1-11-5-14(20-7-13(11)18)23-10-21-24(16(23)26)8-12(6-19)9-27-15(25)22-17(2,3)4/h5-7,10H,8-9H2,1-4H3,(H,22,25)/b12-6-. The number of nitrogens with one attached hydrogen (secondary N) is 1. The molecule has 10 heteroatoms. The largest absolute Gasteiger partial charge is 0.445 e. The highest BCUT2D eigenvalue weighted by Gasteiger charge is 2.16. The van der Waals surface area contributed by atoms with Crippen LogP contribution in [0.25, 0.3) is 5.82 Å². The maximum Gasteiger partial charge on any atom is 0.407 e. The molecule has 2 rings (SSSR count). The highest BCUT2D eigenvalue weighted by Crippen LogP contribution is 2.16. The molecule has 1 amide bonds. The Morgan fingerprint density at radius 1 is 1.44 bits per heavy atom. The van der Waals surface area contributed by atoms with E-state index in [-0.39, 0.29) is 18.7 Å². The topological polar surface area (TPSA) is 91.0 Å². The predicted molar refractivity (Wildman–Crippen MR) is 101 cm³/mol. The number of alkyl carbamates (subject to hydrolysis) is 1. The maximum absolute atomic E-state index is 13.1. The Morgan fingerprint density at radius 3 is 2.74 bits per heavy atom. The summed E-state index contributed by atoms with van der Waals surface area (Å²) in [5.41, 5.74) is 0.0404. The Morgan fingerprint density at radius 2 is 2.15 bits per heavy atom. The van der Waals surface area contributed by atoms with Gasteiger partial charge in [-0.05, 0) is 55.3 Å². The van der Waals surface area contributed by atoms with Crippen molar-refractivity contribution in [3.63, 3.8) is 0 Å². The van der Waals surface area contributed by atoms with Crippen molar-refractivity contribution in [3.8, 4) is 5.82 Å². The van der Waals surface area contributed by atoms with Gasteiger partial charge in [-0.15, -0.1) is 0 Å². The van der Waals surface area contributed by atoms with Crippen molar-refractivity contribution in [3.05, 3.63) is 51.0 Å². The molecule has 0 saturated carbocycles. The summed E-state index contributed by atoms with van der Waals surface area (Å²) in [6.07, 6.45) is 2.52. The molecule has 2 aromatic rings.